The van der Waals surface area contributed by atoms with Gasteiger partial charge >= 0.3 is 0 Å². The summed E-state index contributed by atoms with van der Waals surface area (Å²) < 4.78 is 16.2. The number of hydrogen-bond donors (Lipinski definition) is 1. The van der Waals surface area contributed by atoms with Gasteiger partial charge in [-0.2, -0.15) is 0 Å². The Labute approximate surface area is 173 Å². The van der Waals surface area contributed by atoms with Crippen molar-refractivity contribution in [2.24, 2.45) is 0 Å². The van der Waals surface area contributed by atoms with Crippen LogP contribution < -0.4 is 19.5 Å². The minimum absolute atomic E-state index is 0.000740. The average molecular weight is 401 g/mol. The van der Waals surface area contributed by atoms with Gasteiger partial charge in [0.1, 0.15) is 0 Å². The first-order valence-electron chi connectivity index (χ1n) is 9.68. The van der Waals surface area contributed by atoms with E-state index in [1.165, 1.54) is 11.1 Å². The van der Waals surface area contributed by atoms with E-state index < -0.39 is 0 Å². The molecule has 1 atom stereocenters. The molecule has 1 N–H and O–H groups in total. The van der Waals surface area contributed by atoms with E-state index in [1.54, 1.807) is 21.3 Å². The topological polar surface area (TPSA) is 60.0 Å². The summed E-state index contributed by atoms with van der Waals surface area (Å²) in [5.74, 6) is 1.75. The third-order valence-corrected chi connectivity index (χ3v) is 4.99. The van der Waals surface area contributed by atoms with Crippen LogP contribution in [0, 0.1) is 6.92 Å². The molecule has 6 heteroatoms. The Hall–Kier alpha value is -2.73. The average Bonchev–Trinajstić information content (AvgIpc) is 2.72. The molecule has 0 saturated heterocycles. The number of nitrogens with one attached hydrogen (secondary N) is 1. The SMILES string of the molecule is COc1ccc(CCC(=O)NCC(c2ccc(C)cc2)N(C)C)c(OC)c1OC. The van der Waals surface area contributed by atoms with Crippen molar-refractivity contribution in [3.05, 3.63) is 53.1 Å². The molecule has 1 amide bonds. The van der Waals surface area contributed by atoms with E-state index in [2.05, 4.69) is 41.4 Å². The highest BCUT2D eigenvalue weighted by atomic mass is 16.5. The Morgan fingerprint density at radius 1 is 0.966 bits per heavy atom. The zero-order valence-corrected chi connectivity index (χ0v) is 18.2. The number of rotatable bonds is 10. The summed E-state index contributed by atoms with van der Waals surface area (Å²) in [6.07, 6.45) is 0.909. The van der Waals surface area contributed by atoms with Crippen LogP contribution in [0.1, 0.15) is 29.2 Å². The molecule has 2 aromatic carbocycles. The van der Waals surface area contributed by atoms with Gasteiger partial charge in [0.15, 0.2) is 11.5 Å². The summed E-state index contributed by atoms with van der Waals surface area (Å²) in [6.45, 7) is 2.62. The highest BCUT2D eigenvalue weighted by Gasteiger charge is 2.18. The fraction of sp³-hybridized carbons (Fsp3) is 0.435. The van der Waals surface area contributed by atoms with Gasteiger partial charge in [0.05, 0.1) is 27.4 Å². The normalized spacial score (nSPS) is 11.8. The van der Waals surface area contributed by atoms with Crippen molar-refractivity contribution in [2.75, 3.05) is 42.0 Å². The number of amides is 1. The highest BCUT2D eigenvalue weighted by molar-refractivity contribution is 5.76. The van der Waals surface area contributed by atoms with Gasteiger partial charge in [0, 0.05) is 13.0 Å². The number of nitrogens with zero attached hydrogens (tertiary/aromatic N) is 1. The Morgan fingerprint density at radius 3 is 2.17 bits per heavy atom. The molecule has 0 saturated carbocycles. The van der Waals surface area contributed by atoms with Crippen LogP contribution in [0.2, 0.25) is 0 Å². The molecule has 0 aliphatic carbocycles. The Bertz CT molecular complexity index is 803. The maximum absolute atomic E-state index is 12.5. The summed E-state index contributed by atoms with van der Waals surface area (Å²) in [5.41, 5.74) is 3.31. The van der Waals surface area contributed by atoms with Crippen molar-refractivity contribution in [1.82, 2.24) is 10.2 Å². The number of benzene rings is 2. The molecule has 0 bridgehead atoms. The van der Waals surface area contributed by atoms with Gasteiger partial charge in [-0.3, -0.25) is 4.79 Å². The number of hydrogen-bond acceptors (Lipinski definition) is 5. The number of methoxy groups -OCH3 is 3. The molecule has 158 valence electrons. The van der Waals surface area contributed by atoms with Gasteiger partial charge in [0.2, 0.25) is 11.7 Å². The summed E-state index contributed by atoms with van der Waals surface area (Å²) in [6, 6.07) is 12.3. The molecule has 1 unspecified atom stereocenters. The minimum atomic E-state index is 0.000740. The second-order valence-electron chi connectivity index (χ2n) is 7.19. The van der Waals surface area contributed by atoms with Gasteiger partial charge in [0.25, 0.3) is 0 Å². The molecule has 29 heavy (non-hydrogen) atoms. The van der Waals surface area contributed by atoms with Gasteiger partial charge in [-0.25, -0.2) is 0 Å². The number of ether oxygens (including phenoxy) is 3. The fourth-order valence-electron chi connectivity index (χ4n) is 3.29. The first kappa shape index (κ1) is 22.6. The van der Waals surface area contributed by atoms with Gasteiger partial charge in [-0.1, -0.05) is 35.9 Å². The predicted molar refractivity (Wildman–Crippen MR) is 115 cm³/mol. The van der Waals surface area contributed by atoms with Crippen LogP contribution in [0.5, 0.6) is 17.2 Å². The summed E-state index contributed by atoms with van der Waals surface area (Å²) in [5, 5.41) is 3.06. The summed E-state index contributed by atoms with van der Waals surface area (Å²) >= 11 is 0. The van der Waals surface area contributed by atoms with Crippen molar-refractivity contribution in [2.45, 2.75) is 25.8 Å². The van der Waals surface area contributed by atoms with E-state index in [0.29, 0.717) is 36.6 Å². The zero-order valence-electron chi connectivity index (χ0n) is 18.2. The van der Waals surface area contributed by atoms with E-state index >= 15 is 0 Å². The molecular weight excluding hydrogens is 368 g/mol. The van der Waals surface area contributed by atoms with E-state index in [-0.39, 0.29) is 11.9 Å². The van der Waals surface area contributed by atoms with Gasteiger partial charge < -0.3 is 24.4 Å². The second-order valence-corrected chi connectivity index (χ2v) is 7.19. The lowest BCUT2D eigenvalue weighted by atomic mass is 10.0. The first-order valence-corrected chi connectivity index (χ1v) is 9.68. The molecule has 0 aliphatic rings. The second kappa shape index (κ2) is 10.7. The van der Waals surface area contributed by atoms with Crippen molar-refractivity contribution < 1.29 is 19.0 Å². The van der Waals surface area contributed by atoms with Crippen molar-refractivity contribution in [1.29, 1.82) is 0 Å². The number of carbonyl (C=O) groups excluding carboxylic acids is 1. The van der Waals surface area contributed by atoms with Crippen molar-refractivity contribution in [3.8, 4) is 17.2 Å². The van der Waals surface area contributed by atoms with Crippen LogP contribution in [0.3, 0.4) is 0 Å². The Kier molecular flexibility index (Phi) is 8.34. The van der Waals surface area contributed by atoms with Crippen molar-refractivity contribution >= 4 is 5.91 Å². The van der Waals surface area contributed by atoms with Crippen molar-refractivity contribution in [3.63, 3.8) is 0 Å². The molecule has 0 radical (unpaired) electrons. The maximum Gasteiger partial charge on any atom is 0.220 e. The van der Waals surface area contributed by atoms with Gasteiger partial charge in [-0.05, 0) is 44.6 Å². The highest BCUT2D eigenvalue weighted by Crippen LogP contribution is 2.40. The predicted octanol–water partition coefficient (Wildman–Crippen LogP) is 3.37. The lowest BCUT2D eigenvalue weighted by molar-refractivity contribution is -0.121. The van der Waals surface area contributed by atoms with E-state index in [4.69, 9.17) is 14.2 Å². The van der Waals surface area contributed by atoms with E-state index in [1.807, 2.05) is 26.2 Å². The van der Waals surface area contributed by atoms with Crippen LogP contribution in [0.4, 0.5) is 0 Å². The monoisotopic (exact) mass is 400 g/mol. The standard InChI is InChI=1S/C23H32N2O4/c1-16-7-9-17(10-8-16)19(25(2)3)15-24-21(26)14-12-18-11-13-20(27-4)23(29-6)22(18)28-5/h7-11,13,19H,12,14-15H2,1-6H3,(H,24,26). The number of aryl methyl sites for hydroxylation is 2. The zero-order chi connectivity index (χ0) is 21.4. The molecule has 0 spiro atoms. The largest absolute Gasteiger partial charge is 0.493 e. The lowest BCUT2D eigenvalue weighted by Crippen LogP contribution is -2.34. The molecule has 0 heterocycles. The molecule has 0 aromatic heterocycles. The summed E-state index contributed by atoms with van der Waals surface area (Å²) in [4.78, 5) is 14.6. The molecule has 0 aliphatic heterocycles. The first-order chi connectivity index (χ1) is 13.9. The lowest BCUT2D eigenvalue weighted by Gasteiger charge is -2.25. The van der Waals surface area contributed by atoms with Crippen LogP contribution >= 0.6 is 0 Å². The molecule has 6 nitrogen and oxygen atoms in total. The summed E-state index contributed by atoms with van der Waals surface area (Å²) in [7, 11) is 8.78. The third kappa shape index (κ3) is 5.87. The Balaban J connectivity index is 1.99. The molecular formula is C23H32N2O4. The number of likely N-dealkylation sites (N-methyl/N-ethyl adjacent to an activating group) is 1. The fourth-order valence-corrected chi connectivity index (χ4v) is 3.29. The smallest absolute Gasteiger partial charge is 0.220 e. The van der Waals surface area contributed by atoms with Crippen LogP contribution in [-0.4, -0.2) is 52.8 Å². The van der Waals surface area contributed by atoms with E-state index in [9.17, 15) is 4.79 Å². The maximum atomic E-state index is 12.5. The van der Waals surface area contributed by atoms with E-state index in [0.717, 1.165) is 5.56 Å². The van der Waals surface area contributed by atoms with Crippen LogP contribution in [0.25, 0.3) is 0 Å². The quantitative estimate of drug-likeness (QED) is 0.663. The molecule has 2 rings (SSSR count). The van der Waals surface area contributed by atoms with Gasteiger partial charge in [-0.15, -0.1) is 0 Å². The minimum Gasteiger partial charge on any atom is -0.493 e. The van der Waals surface area contributed by atoms with Crippen LogP contribution in [-0.2, 0) is 11.2 Å². The molecule has 2 aromatic rings. The molecule has 0 fully saturated rings. The Morgan fingerprint density at radius 2 is 1.62 bits per heavy atom. The van der Waals surface area contributed by atoms with Crippen LogP contribution in [0.15, 0.2) is 36.4 Å². The number of carbonyl (C=O) groups is 1. The third-order valence-electron chi connectivity index (χ3n) is 4.99.